The number of rotatable bonds is 2. The van der Waals surface area contributed by atoms with Gasteiger partial charge in [0.2, 0.25) is 0 Å². The van der Waals surface area contributed by atoms with Crippen molar-refractivity contribution in [2.24, 2.45) is 5.73 Å². The zero-order chi connectivity index (χ0) is 14.9. The van der Waals surface area contributed by atoms with E-state index in [0.717, 1.165) is 6.07 Å². The Morgan fingerprint density at radius 3 is 2.40 bits per heavy atom. The lowest BCUT2D eigenvalue weighted by atomic mass is 10.1. The zero-order valence-electron chi connectivity index (χ0n) is 11.4. The normalized spacial score (nSPS) is 24.0. The summed E-state index contributed by atoms with van der Waals surface area (Å²) in [5.41, 5.74) is 5.32. The summed E-state index contributed by atoms with van der Waals surface area (Å²) in [6, 6.07) is 2.37. The highest BCUT2D eigenvalue weighted by Gasteiger charge is 2.34. The third kappa shape index (κ3) is 3.21. The number of pyridine rings is 1. The van der Waals surface area contributed by atoms with E-state index in [1.807, 2.05) is 18.7 Å². The first-order chi connectivity index (χ1) is 9.31. The molecule has 20 heavy (non-hydrogen) atoms. The predicted octanol–water partition coefficient (Wildman–Crippen LogP) is 2.17. The number of ether oxygens (including phenoxy) is 1. The Morgan fingerprint density at radius 1 is 1.30 bits per heavy atom. The van der Waals surface area contributed by atoms with E-state index in [9.17, 15) is 13.2 Å². The van der Waals surface area contributed by atoms with Crippen LogP contribution in [0.3, 0.4) is 0 Å². The molecule has 7 heteroatoms. The van der Waals surface area contributed by atoms with E-state index in [4.69, 9.17) is 10.5 Å². The second kappa shape index (κ2) is 5.57. The maximum absolute atomic E-state index is 12.8. The van der Waals surface area contributed by atoms with Crippen LogP contribution < -0.4 is 10.6 Å². The van der Waals surface area contributed by atoms with Crippen molar-refractivity contribution in [3.8, 4) is 0 Å². The van der Waals surface area contributed by atoms with Crippen LogP contribution in [0.5, 0.6) is 0 Å². The van der Waals surface area contributed by atoms with Crippen LogP contribution in [0.4, 0.5) is 19.0 Å². The van der Waals surface area contributed by atoms with Crippen molar-refractivity contribution in [2.45, 2.75) is 38.8 Å². The van der Waals surface area contributed by atoms with Gasteiger partial charge in [0.25, 0.3) is 0 Å². The molecular weight excluding hydrogens is 271 g/mol. The highest BCUT2D eigenvalue weighted by molar-refractivity contribution is 5.48. The van der Waals surface area contributed by atoms with Crippen molar-refractivity contribution < 1.29 is 17.9 Å². The van der Waals surface area contributed by atoms with Gasteiger partial charge < -0.3 is 15.4 Å². The molecular formula is C13H18F3N3O. The van der Waals surface area contributed by atoms with E-state index in [1.165, 1.54) is 6.07 Å². The molecule has 4 nitrogen and oxygen atoms in total. The molecule has 1 aliphatic heterocycles. The molecule has 0 aromatic carbocycles. The number of anilines is 1. The summed E-state index contributed by atoms with van der Waals surface area (Å²) >= 11 is 0. The average Bonchev–Trinajstić information content (AvgIpc) is 2.35. The monoisotopic (exact) mass is 289 g/mol. The number of alkyl halides is 3. The van der Waals surface area contributed by atoms with Crippen LogP contribution in [0.2, 0.25) is 0 Å². The maximum Gasteiger partial charge on any atom is 0.433 e. The minimum atomic E-state index is -4.45. The molecule has 1 aliphatic rings. The number of halogens is 3. The van der Waals surface area contributed by atoms with Crippen molar-refractivity contribution in [3.63, 3.8) is 0 Å². The fourth-order valence-corrected chi connectivity index (χ4v) is 2.42. The van der Waals surface area contributed by atoms with Crippen LogP contribution in [0.1, 0.15) is 25.1 Å². The second-order valence-corrected chi connectivity index (χ2v) is 5.04. The number of nitrogens with two attached hydrogens (primary N) is 1. The minimum Gasteiger partial charge on any atom is -0.372 e. The predicted molar refractivity (Wildman–Crippen MR) is 69.4 cm³/mol. The van der Waals surface area contributed by atoms with E-state index in [2.05, 4.69) is 4.98 Å². The maximum atomic E-state index is 12.8. The van der Waals surface area contributed by atoms with Crippen LogP contribution >= 0.6 is 0 Å². The molecule has 0 amide bonds. The first-order valence-electron chi connectivity index (χ1n) is 6.49. The first-order valence-corrected chi connectivity index (χ1v) is 6.49. The first kappa shape index (κ1) is 15.1. The summed E-state index contributed by atoms with van der Waals surface area (Å²) in [5.74, 6) is 0.310. The highest BCUT2D eigenvalue weighted by Crippen LogP contribution is 2.31. The lowest BCUT2D eigenvalue weighted by molar-refractivity contribution is -0.141. The zero-order valence-corrected chi connectivity index (χ0v) is 11.4. The number of nitrogens with zero attached hydrogens (tertiary/aromatic N) is 2. The molecule has 2 N–H and O–H groups in total. The fraction of sp³-hybridized carbons (Fsp3) is 0.615. The lowest BCUT2D eigenvalue weighted by Crippen LogP contribution is -2.46. The SMILES string of the molecule is CC1CN(c2nc(C(F)(F)F)ccc2CN)CC(C)O1. The molecule has 1 saturated heterocycles. The lowest BCUT2D eigenvalue weighted by Gasteiger charge is -2.37. The number of morpholine rings is 1. The average molecular weight is 289 g/mol. The highest BCUT2D eigenvalue weighted by atomic mass is 19.4. The number of hydrogen-bond acceptors (Lipinski definition) is 4. The number of aromatic nitrogens is 1. The molecule has 2 heterocycles. The molecule has 2 rings (SSSR count). The molecule has 0 spiro atoms. The molecule has 0 bridgehead atoms. The van der Waals surface area contributed by atoms with Gasteiger partial charge in [0.15, 0.2) is 0 Å². The molecule has 1 aromatic rings. The summed E-state index contributed by atoms with van der Waals surface area (Å²) < 4.78 is 43.9. The minimum absolute atomic E-state index is 0.0549. The summed E-state index contributed by atoms with van der Waals surface area (Å²) in [4.78, 5) is 5.59. The van der Waals surface area contributed by atoms with Gasteiger partial charge in [-0.2, -0.15) is 13.2 Å². The van der Waals surface area contributed by atoms with Crippen LogP contribution in [-0.4, -0.2) is 30.3 Å². The second-order valence-electron chi connectivity index (χ2n) is 5.04. The Kier molecular flexibility index (Phi) is 4.19. The van der Waals surface area contributed by atoms with Crippen molar-refractivity contribution in [1.82, 2.24) is 4.98 Å². The van der Waals surface area contributed by atoms with Crippen LogP contribution in [0.25, 0.3) is 0 Å². The van der Waals surface area contributed by atoms with E-state index in [0.29, 0.717) is 24.5 Å². The smallest absolute Gasteiger partial charge is 0.372 e. The molecule has 1 fully saturated rings. The molecule has 0 radical (unpaired) electrons. The summed E-state index contributed by atoms with van der Waals surface area (Å²) in [6.07, 6.45) is -4.56. The Labute approximate surface area is 115 Å². The third-order valence-corrected chi connectivity index (χ3v) is 3.19. The van der Waals surface area contributed by atoms with Gasteiger partial charge in [-0.1, -0.05) is 6.07 Å². The van der Waals surface area contributed by atoms with Crippen molar-refractivity contribution in [1.29, 1.82) is 0 Å². The van der Waals surface area contributed by atoms with Gasteiger partial charge in [-0.15, -0.1) is 0 Å². The Morgan fingerprint density at radius 2 is 1.90 bits per heavy atom. The van der Waals surface area contributed by atoms with Gasteiger partial charge in [-0.25, -0.2) is 4.98 Å². The molecule has 1 aromatic heterocycles. The van der Waals surface area contributed by atoms with Crippen molar-refractivity contribution in [2.75, 3.05) is 18.0 Å². The van der Waals surface area contributed by atoms with E-state index < -0.39 is 11.9 Å². The van der Waals surface area contributed by atoms with Crippen molar-refractivity contribution in [3.05, 3.63) is 23.4 Å². The van der Waals surface area contributed by atoms with E-state index in [-0.39, 0.29) is 18.8 Å². The van der Waals surface area contributed by atoms with Gasteiger partial charge in [0.1, 0.15) is 11.5 Å². The summed E-state index contributed by atoms with van der Waals surface area (Å²) in [5, 5.41) is 0. The molecule has 112 valence electrons. The number of hydrogen-bond donors (Lipinski definition) is 1. The van der Waals surface area contributed by atoms with E-state index >= 15 is 0 Å². The van der Waals surface area contributed by atoms with Crippen molar-refractivity contribution >= 4 is 5.82 Å². The quantitative estimate of drug-likeness (QED) is 0.906. The topological polar surface area (TPSA) is 51.4 Å². The van der Waals surface area contributed by atoms with Gasteiger partial charge in [0, 0.05) is 25.2 Å². The van der Waals surface area contributed by atoms with Crippen LogP contribution in [-0.2, 0) is 17.5 Å². The molecule has 0 saturated carbocycles. The summed E-state index contributed by atoms with van der Waals surface area (Å²) in [6.45, 7) is 4.94. The Bertz CT molecular complexity index is 468. The van der Waals surface area contributed by atoms with Gasteiger partial charge in [-0.3, -0.25) is 0 Å². The fourth-order valence-electron chi connectivity index (χ4n) is 2.42. The standard InChI is InChI=1S/C13H18F3N3O/c1-8-6-19(7-9(2)20-8)12-10(5-17)3-4-11(18-12)13(14,15)16/h3-4,8-9H,5-7,17H2,1-2H3. The van der Waals surface area contributed by atoms with Crippen LogP contribution in [0, 0.1) is 0 Å². The Balaban J connectivity index is 2.37. The van der Waals surface area contributed by atoms with Gasteiger partial charge >= 0.3 is 6.18 Å². The molecule has 0 aliphatic carbocycles. The van der Waals surface area contributed by atoms with Gasteiger partial charge in [-0.05, 0) is 19.9 Å². The van der Waals surface area contributed by atoms with Gasteiger partial charge in [0.05, 0.1) is 12.2 Å². The van der Waals surface area contributed by atoms with E-state index in [1.54, 1.807) is 0 Å². The van der Waals surface area contributed by atoms with Crippen LogP contribution in [0.15, 0.2) is 12.1 Å². The largest absolute Gasteiger partial charge is 0.433 e. The third-order valence-electron chi connectivity index (χ3n) is 3.19. The Hall–Kier alpha value is -1.34. The molecule has 2 atom stereocenters. The molecule has 2 unspecified atom stereocenters. The summed E-state index contributed by atoms with van der Waals surface area (Å²) in [7, 11) is 0.